The molecule has 0 saturated carbocycles. The topological polar surface area (TPSA) is 107 Å². The Labute approximate surface area is 210 Å². The second-order valence-electron chi connectivity index (χ2n) is 8.69. The third-order valence-corrected chi connectivity index (χ3v) is 7.59. The normalized spacial score (nSPS) is 17.2. The third-order valence-electron chi connectivity index (χ3n) is 6.62. The predicted octanol–water partition coefficient (Wildman–Crippen LogP) is 5.83. The number of hydrogen-bond acceptors (Lipinski definition) is 7. The van der Waals surface area contributed by atoms with Gasteiger partial charge < -0.3 is 10.2 Å². The smallest absolute Gasteiger partial charge is 0.345 e. The first-order valence-corrected chi connectivity index (χ1v) is 12.1. The fraction of sp³-hybridized carbons (Fsp3) is 0.0690. The number of nitrogens with zero attached hydrogens (tertiary/aromatic N) is 3. The zero-order valence-electron chi connectivity index (χ0n) is 19.1. The van der Waals surface area contributed by atoms with E-state index in [9.17, 15) is 15.3 Å². The first-order chi connectivity index (χ1) is 17.5. The lowest BCUT2D eigenvalue weighted by Crippen LogP contribution is -2.32. The van der Waals surface area contributed by atoms with Crippen LogP contribution in [0.3, 0.4) is 0 Å². The van der Waals surface area contributed by atoms with Crippen molar-refractivity contribution in [3.8, 4) is 12.1 Å². The molecule has 0 amide bonds. The predicted molar refractivity (Wildman–Crippen MR) is 141 cm³/mol. The second-order valence-corrected chi connectivity index (χ2v) is 9.55. The molecule has 3 aromatic carbocycles. The molecule has 1 unspecified atom stereocenters. The Morgan fingerprint density at radius 1 is 0.972 bits per heavy atom. The average molecular weight is 487 g/mol. The maximum absolute atomic E-state index is 13.1. The number of allylic oxidation sites excluding steroid dienone is 2. The Hall–Kier alpha value is -4.72. The zero-order valence-corrected chi connectivity index (χ0v) is 20.0. The van der Waals surface area contributed by atoms with E-state index in [0.717, 1.165) is 27.3 Å². The van der Waals surface area contributed by atoms with E-state index < -0.39 is 11.5 Å². The molecule has 7 heteroatoms. The average Bonchev–Trinajstić information content (AvgIpc) is 3.34. The maximum Gasteiger partial charge on any atom is 0.345 e. The van der Waals surface area contributed by atoms with E-state index in [1.807, 2.05) is 61.5 Å². The molecule has 36 heavy (non-hydrogen) atoms. The van der Waals surface area contributed by atoms with Gasteiger partial charge in [0.1, 0.15) is 16.4 Å². The molecule has 172 valence electrons. The lowest BCUT2D eigenvalue weighted by atomic mass is 9.83. The first kappa shape index (κ1) is 21.8. The van der Waals surface area contributed by atoms with Gasteiger partial charge in [-0.05, 0) is 35.4 Å². The number of rotatable bonds is 2. The van der Waals surface area contributed by atoms with E-state index in [2.05, 4.69) is 12.1 Å². The largest absolute Gasteiger partial charge is 0.422 e. The molecule has 1 atom stereocenters. The van der Waals surface area contributed by atoms with Crippen molar-refractivity contribution < 1.29 is 4.42 Å². The van der Waals surface area contributed by atoms with Crippen LogP contribution in [-0.2, 0) is 0 Å². The Bertz CT molecular complexity index is 1830. The van der Waals surface area contributed by atoms with Crippen molar-refractivity contribution >= 4 is 39.2 Å². The van der Waals surface area contributed by atoms with Crippen LogP contribution >= 0.6 is 11.8 Å². The number of hydrogen-bond donors (Lipinski definition) is 1. The number of nitriles is 2. The number of thioether (sulfide) groups is 1. The van der Waals surface area contributed by atoms with E-state index >= 15 is 0 Å². The van der Waals surface area contributed by atoms with Crippen LogP contribution in [0.4, 0.5) is 0 Å². The zero-order chi connectivity index (χ0) is 25.0. The summed E-state index contributed by atoms with van der Waals surface area (Å²) in [6.45, 7) is 1.98. The van der Waals surface area contributed by atoms with Crippen molar-refractivity contribution in [3.63, 3.8) is 0 Å². The highest BCUT2D eigenvalue weighted by Crippen LogP contribution is 2.51. The van der Waals surface area contributed by atoms with E-state index in [4.69, 9.17) is 10.2 Å². The van der Waals surface area contributed by atoms with E-state index in [-0.39, 0.29) is 11.4 Å². The van der Waals surface area contributed by atoms with Gasteiger partial charge in [0.15, 0.2) is 0 Å². The minimum absolute atomic E-state index is 0.200. The monoisotopic (exact) mass is 486 g/mol. The minimum Gasteiger partial charge on any atom is -0.422 e. The SMILES string of the molecule is Cc1ccc(C2C(C#N)=C(N)N3C(c4cc5c(ccc6ccccc65)oc4=O)=CSC3=C2C#N)cc1. The fourth-order valence-electron chi connectivity index (χ4n) is 4.85. The summed E-state index contributed by atoms with van der Waals surface area (Å²) >= 11 is 1.31. The summed E-state index contributed by atoms with van der Waals surface area (Å²) in [5, 5.41) is 25.4. The molecule has 4 aromatic rings. The van der Waals surface area contributed by atoms with Crippen molar-refractivity contribution in [2.75, 3.05) is 0 Å². The number of benzene rings is 3. The highest BCUT2D eigenvalue weighted by atomic mass is 32.2. The molecular weight excluding hydrogens is 468 g/mol. The van der Waals surface area contributed by atoms with Gasteiger partial charge in [0.2, 0.25) is 0 Å². The highest BCUT2D eigenvalue weighted by molar-refractivity contribution is 8.06. The van der Waals surface area contributed by atoms with Gasteiger partial charge in [-0.2, -0.15) is 10.5 Å². The van der Waals surface area contributed by atoms with Crippen LogP contribution in [0.1, 0.15) is 22.6 Å². The molecule has 1 aromatic heterocycles. The van der Waals surface area contributed by atoms with Gasteiger partial charge in [-0.1, -0.05) is 71.9 Å². The van der Waals surface area contributed by atoms with Crippen LogP contribution < -0.4 is 11.4 Å². The van der Waals surface area contributed by atoms with Crippen LogP contribution in [0.15, 0.2) is 103 Å². The quantitative estimate of drug-likeness (QED) is 0.281. The van der Waals surface area contributed by atoms with Crippen LogP contribution in [-0.4, -0.2) is 4.90 Å². The minimum atomic E-state index is -0.580. The molecular formula is C29H18N4O2S. The first-order valence-electron chi connectivity index (χ1n) is 11.3. The summed E-state index contributed by atoms with van der Waals surface area (Å²) in [5.74, 6) is -0.380. The molecule has 0 radical (unpaired) electrons. The molecule has 3 heterocycles. The molecule has 6 rings (SSSR count). The maximum atomic E-state index is 13.1. The summed E-state index contributed by atoms with van der Waals surface area (Å²) in [6, 6.07) is 25.6. The molecule has 2 aliphatic heterocycles. The fourth-order valence-corrected chi connectivity index (χ4v) is 5.89. The van der Waals surface area contributed by atoms with Gasteiger partial charge in [-0.15, -0.1) is 0 Å². The standard InChI is InChI=1S/C29H18N4O2S/c1-16-6-8-18(9-7-16)26-22(13-30)27(32)33-24(15-36-28(33)23(26)14-31)21-12-20-19-5-3-2-4-17(19)10-11-25(20)35-29(21)34/h2-12,15,26H,32H2,1H3. The number of nitrogens with two attached hydrogens (primary N) is 1. The Morgan fingerprint density at radius 2 is 1.72 bits per heavy atom. The molecule has 0 spiro atoms. The van der Waals surface area contributed by atoms with Gasteiger partial charge in [-0.25, -0.2) is 4.79 Å². The lowest BCUT2D eigenvalue weighted by Gasteiger charge is -2.33. The van der Waals surface area contributed by atoms with Crippen molar-refractivity contribution in [1.82, 2.24) is 4.90 Å². The molecule has 0 bridgehead atoms. The van der Waals surface area contributed by atoms with E-state index in [1.54, 1.807) is 22.4 Å². The highest BCUT2D eigenvalue weighted by Gasteiger charge is 2.40. The van der Waals surface area contributed by atoms with Crippen molar-refractivity contribution in [3.05, 3.63) is 121 Å². The number of fused-ring (bicyclic) bond motifs is 4. The van der Waals surface area contributed by atoms with Crippen molar-refractivity contribution in [2.24, 2.45) is 5.73 Å². The molecule has 0 fully saturated rings. The van der Waals surface area contributed by atoms with Crippen molar-refractivity contribution in [1.29, 1.82) is 10.5 Å². The van der Waals surface area contributed by atoms with Gasteiger partial charge in [0.05, 0.1) is 40.5 Å². The Kier molecular flexibility index (Phi) is 4.96. The third kappa shape index (κ3) is 3.15. The summed E-state index contributed by atoms with van der Waals surface area (Å²) < 4.78 is 5.70. The molecule has 0 aliphatic carbocycles. The van der Waals surface area contributed by atoms with Gasteiger partial charge in [-0.3, -0.25) is 4.90 Å². The van der Waals surface area contributed by atoms with E-state index in [0.29, 0.717) is 27.4 Å². The summed E-state index contributed by atoms with van der Waals surface area (Å²) in [7, 11) is 0. The summed E-state index contributed by atoms with van der Waals surface area (Å²) in [5.41, 5.74) is 9.92. The molecule has 2 aliphatic rings. The molecule has 0 saturated heterocycles. The van der Waals surface area contributed by atoms with Crippen molar-refractivity contribution in [2.45, 2.75) is 12.8 Å². The van der Waals surface area contributed by atoms with Crippen LogP contribution in [0, 0.1) is 29.6 Å². The summed E-state index contributed by atoms with van der Waals surface area (Å²) in [4.78, 5) is 14.7. The molecule has 6 nitrogen and oxygen atoms in total. The van der Waals surface area contributed by atoms with E-state index in [1.165, 1.54) is 11.8 Å². The number of aryl methyl sites for hydroxylation is 1. The van der Waals surface area contributed by atoms with Crippen LogP contribution in [0.2, 0.25) is 0 Å². The van der Waals surface area contributed by atoms with Crippen LogP contribution in [0.5, 0.6) is 0 Å². The van der Waals surface area contributed by atoms with Crippen LogP contribution in [0.25, 0.3) is 27.4 Å². The Balaban J connectivity index is 1.55. The Morgan fingerprint density at radius 3 is 2.47 bits per heavy atom. The summed E-state index contributed by atoms with van der Waals surface area (Å²) in [6.07, 6.45) is 0. The van der Waals surface area contributed by atoms with Gasteiger partial charge in [0.25, 0.3) is 0 Å². The second kappa shape index (κ2) is 8.20. The van der Waals surface area contributed by atoms with Gasteiger partial charge in [0, 0.05) is 10.8 Å². The van der Waals surface area contributed by atoms with Gasteiger partial charge >= 0.3 is 5.63 Å². The molecule has 2 N–H and O–H groups in total. The lowest BCUT2D eigenvalue weighted by molar-refractivity contribution is 0.547.